The molecule has 0 aliphatic carbocycles. The molecule has 0 bridgehead atoms. The fraction of sp³-hybridized carbons (Fsp3) is 0.304. The van der Waals surface area contributed by atoms with Gasteiger partial charge >= 0.3 is 0 Å². The van der Waals surface area contributed by atoms with Gasteiger partial charge in [0.15, 0.2) is 0 Å². The Morgan fingerprint density at radius 1 is 1.03 bits per heavy atom. The second-order valence-corrected chi connectivity index (χ2v) is 8.34. The van der Waals surface area contributed by atoms with Crippen molar-refractivity contribution in [1.29, 1.82) is 0 Å². The summed E-state index contributed by atoms with van der Waals surface area (Å²) in [6.07, 6.45) is 0.00323. The van der Waals surface area contributed by atoms with Crippen LogP contribution in [-0.2, 0) is 14.3 Å². The van der Waals surface area contributed by atoms with Crippen molar-refractivity contribution in [3.63, 3.8) is 0 Å². The van der Waals surface area contributed by atoms with Crippen molar-refractivity contribution in [2.75, 3.05) is 18.5 Å². The quantitative estimate of drug-likeness (QED) is 0.591. The van der Waals surface area contributed by atoms with Crippen molar-refractivity contribution >= 4 is 46.3 Å². The number of carbonyl (C=O) groups excluding carboxylic acids is 2. The topological polar surface area (TPSA) is 58.6 Å². The summed E-state index contributed by atoms with van der Waals surface area (Å²) in [6, 6.07) is 10.7. The normalized spacial score (nSPS) is 14.3. The molecule has 0 atom stereocenters. The van der Waals surface area contributed by atoms with E-state index in [-0.39, 0.29) is 30.5 Å². The second-order valence-electron chi connectivity index (χ2n) is 7.50. The molecule has 0 fully saturated rings. The van der Waals surface area contributed by atoms with Crippen LogP contribution >= 0.6 is 23.2 Å². The molecule has 1 aliphatic heterocycles. The summed E-state index contributed by atoms with van der Waals surface area (Å²) in [5.74, 6) is -0.821. The summed E-state index contributed by atoms with van der Waals surface area (Å²) < 4.78 is 5.54. The Kier molecular flexibility index (Phi) is 6.86. The Bertz CT molecular complexity index is 1030. The van der Waals surface area contributed by atoms with Gasteiger partial charge in [-0.15, -0.1) is 0 Å². The van der Waals surface area contributed by atoms with Gasteiger partial charge in [0.2, 0.25) is 0 Å². The number of hydrogen-bond acceptors (Lipinski definition) is 4. The van der Waals surface area contributed by atoms with E-state index in [0.717, 1.165) is 16.8 Å². The van der Waals surface area contributed by atoms with Crippen LogP contribution in [0, 0.1) is 13.8 Å². The molecule has 158 valence electrons. The van der Waals surface area contributed by atoms with Gasteiger partial charge in [-0.3, -0.25) is 14.5 Å². The molecule has 0 saturated carbocycles. The van der Waals surface area contributed by atoms with Crippen molar-refractivity contribution in [2.45, 2.75) is 33.8 Å². The lowest BCUT2D eigenvalue weighted by atomic mass is 10.0. The van der Waals surface area contributed by atoms with Crippen LogP contribution in [0.3, 0.4) is 0 Å². The number of rotatable bonds is 7. The smallest absolute Gasteiger partial charge is 0.278 e. The lowest BCUT2D eigenvalue weighted by Gasteiger charge is -2.17. The maximum absolute atomic E-state index is 13.2. The third kappa shape index (κ3) is 4.69. The number of anilines is 1. The van der Waals surface area contributed by atoms with E-state index in [0.29, 0.717) is 15.6 Å². The standard InChI is InChI=1S/C23H24Cl2N2O3/c1-13(2)30-10-9-27-22(28)20(17-8-7-16(24)12-18(17)25)21(23(27)29)26-19-11-14(3)5-6-15(19)4/h5-8,11-13,26H,9-10H2,1-4H3. The summed E-state index contributed by atoms with van der Waals surface area (Å²) in [6.45, 7) is 8.12. The van der Waals surface area contributed by atoms with Gasteiger partial charge in [-0.05, 0) is 57.0 Å². The third-order valence-corrected chi connectivity index (χ3v) is 5.34. The van der Waals surface area contributed by atoms with Crippen LogP contribution in [0.5, 0.6) is 0 Å². The number of amides is 2. The number of hydrogen-bond donors (Lipinski definition) is 1. The first kappa shape index (κ1) is 22.3. The first-order chi connectivity index (χ1) is 14.2. The van der Waals surface area contributed by atoms with Gasteiger partial charge in [-0.2, -0.15) is 0 Å². The zero-order valence-electron chi connectivity index (χ0n) is 17.4. The minimum atomic E-state index is -0.413. The molecule has 1 N–H and O–H groups in total. The number of benzene rings is 2. The predicted molar refractivity (Wildman–Crippen MR) is 121 cm³/mol. The van der Waals surface area contributed by atoms with Gasteiger partial charge in [0.1, 0.15) is 5.70 Å². The summed E-state index contributed by atoms with van der Waals surface area (Å²) in [5.41, 5.74) is 3.63. The maximum Gasteiger partial charge on any atom is 0.278 e. The van der Waals surface area contributed by atoms with Crippen LogP contribution < -0.4 is 5.32 Å². The minimum absolute atomic E-state index is 0.00323. The zero-order valence-corrected chi connectivity index (χ0v) is 18.9. The first-order valence-electron chi connectivity index (χ1n) is 9.70. The van der Waals surface area contributed by atoms with Crippen molar-refractivity contribution in [2.24, 2.45) is 0 Å². The molecule has 2 aromatic rings. The highest BCUT2D eigenvalue weighted by molar-refractivity contribution is 6.41. The lowest BCUT2D eigenvalue weighted by Crippen LogP contribution is -2.35. The summed E-state index contributed by atoms with van der Waals surface area (Å²) in [5, 5.41) is 3.94. The van der Waals surface area contributed by atoms with Gasteiger partial charge in [-0.1, -0.05) is 41.4 Å². The molecule has 3 rings (SSSR count). The SMILES string of the molecule is Cc1ccc(C)c(NC2=C(c3ccc(Cl)cc3Cl)C(=O)N(CCOC(C)C)C2=O)c1. The fourth-order valence-corrected chi connectivity index (χ4v) is 3.73. The molecule has 0 aromatic heterocycles. The molecule has 2 aromatic carbocycles. The molecule has 5 nitrogen and oxygen atoms in total. The van der Waals surface area contributed by atoms with Gasteiger partial charge in [0.25, 0.3) is 11.8 Å². The van der Waals surface area contributed by atoms with Crippen molar-refractivity contribution < 1.29 is 14.3 Å². The van der Waals surface area contributed by atoms with Gasteiger partial charge in [0.05, 0.1) is 29.9 Å². The second kappa shape index (κ2) is 9.21. The molecule has 30 heavy (non-hydrogen) atoms. The van der Waals surface area contributed by atoms with Crippen LogP contribution in [0.2, 0.25) is 10.0 Å². The van der Waals surface area contributed by atoms with Gasteiger partial charge in [0, 0.05) is 16.3 Å². The largest absolute Gasteiger partial charge is 0.377 e. The van der Waals surface area contributed by atoms with E-state index in [1.807, 2.05) is 45.9 Å². The molecule has 0 saturated heterocycles. The zero-order chi connectivity index (χ0) is 22.0. The highest BCUT2D eigenvalue weighted by atomic mass is 35.5. The van der Waals surface area contributed by atoms with Gasteiger partial charge in [-0.25, -0.2) is 0 Å². The van der Waals surface area contributed by atoms with Crippen LogP contribution in [0.1, 0.15) is 30.5 Å². The summed E-state index contributed by atoms with van der Waals surface area (Å²) in [7, 11) is 0. The molecule has 1 aliphatic rings. The molecule has 0 unspecified atom stereocenters. The van der Waals surface area contributed by atoms with Crippen LogP contribution in [0.25, 0.3) is 5.57 Å². The Morgan fingerprint density at radius 3 is 2.43 bits per heavy atom. The maximum atomic E-state index is 13.2. The number of ether oxygens (including phenoxy) is 1. The highest BCUT2D eigenvalue weighted by Gasteiger charge is 2.39. The fourth-order valence-electron chi connectivity index (χ4n) is 3.22. The average Bonchev–Trinajstić information content (AvgIpc) is 2.89. The number of carbonyl (C=O) groups is 2. The summed E-state index contributed by atoms with van der Waals surface area (Å²) >= 11 is 12.4. The minimum Gasteiger partial charge on any atom is -0.377 e. The Hall–Kier alpha value is -2.34. The van der Waals surface area contributed by atoms with E-state index in [2.05, 4.69) is 5.32 Å². The van der Waals surface area contributed by atoms with Crippen LogP contribution in [0.15, 0.2) is 42.1 Å². The molecule has 7 heteroatoms. The number of aryl methyl sites for hydroxylation is 2. The number of halogens is 2. The predicted octanol–water partition coefficient (Wildman–Crippen LogP) is 5.23. The highest BCUT2D eigenvalue weighted by Crippen LogP contribution is 2.35. The van der Waals surface area contributed by atoms with E-state index >= 15 is 0 Å². The van der Waals surface area contributed by atoms with Crippen molar-refractivity contribution in [3.05, 3.63) is 68.8 Å². The Balaban J connectivity index is 2.05. The first-order valence-corrected chi connectivity index (χ1v) is 10.5. The molecule has 2 amide bonds. The monoisotopic (exact) mass is 446 g/mol. The Morgan fingerprint density at radius 2 is 1.77 bits per heavy atom. The van der Waals surface area contributed by atoms with Crippen LogP contribution in [0.4, 0.5) is 5.69 Å². The van der Waals surface area contributed by atoms with E-state index in [9.17, 15) is 9.59 Å². The average molecular weight is 447 g/mol. The lowest BCUT2D eigenvalue weighted by molar-refractivity contribution is -0.137. The molecule has 0 radical (unpaired) electrons. The van der Waals surface area contributed by atoms with Crippen molar-refractivity contribution in [1.82, 2.24) is 4.90 Å². The number of nitrogens with zero attached hydrogens (tertiary/aromatic N) is 1. The number of imide groups is 1. The van der Waals surface area contributed by atoms with E-state index in [1.165, 1.54) is 4.90 Å². The van der Waals surface area contributed by atoms with E-state index in [4.69, 9.17) is 27.9 Å². The van der Waals surface area contributed by atoms with Crippen LogP contribution in [-0.4, -0.2) is 36.0 Å². The van der Waals surface area contributed by atoms with E-state index in [1.54, 1.807) is 18.2 Å². The molecule has 0 spiro atoms. The van der Waals surface area contributed by atoms with E-state index < -0.39 is 11.8 Å². The molecular weight excluding hydrogens is 423 g/mol. The molecule has 1 heterocycles. The summed E-state index contributed by atoms with van der Waals surface area (Å²) in [4.78, 5) is 27.6. The van der Waals surface area contributed by atoms with Crippen molar-refractivity contribution in [3.8, 4) is 0 Å². The van der Waals surface area contributed by atoms with Gasteiger partial charge < -0.3 is 10.1 Å². The number of nitrogens with one attached hydrogen (secondary N) is 1. The third-order valence-electron chi connectivity index (χ3n) is 4.79. The Labute approximate surface area is 186 Å². The molecular formula is C23H24Cl2N2O3.